The molecule has 34 heavy (non-hydrogen) atoms. The van der Waals surface area contributed by atoms with E-state index < -0.39 is 28.4 Å². The van der Waals surface area contributed by atoms with Gasteiger partial charge in [-0.3, -0.25) is 9.10 Å². The number of sulfonamides is 1. The molecule has 0 saturated carbocycles. The molecule has 0 bridgehead atoms. The molecule has 3 rings (SSSR count). The molecule has 2 aromatic carbocycles. The van der Waals surface area contributed by atoms with Crippen LogP contribution in [0, 0.1) is 0 Å². The molecule has 0 radical (unpaired) electrons. The second kappa shape index (κ2) is 11.1. The monoisotopic (exact) mass is 547 g/mol. The number of nitrogens with one attached hydrogen (secondary N) is 1. The van der Waals surface area contributed by atoms with Crippen LogP contribution in [0.2, 0.25) is 0 Å². The summed E-state index contributed by atoms with van der Waals surface area (Å²) in [6.07, 6.45) is 2.32. The first-order valence-corrected chi connectivity index (χ1v) is 12.7. The number of hydrogen-bond donors (Lipinski definition) is 1. The molecule has 1 amide bonds. The molecule has 1 N–H and O–H groups in total. The number of benzene rings is 2. The van der Waals surface area contributed by atoms with Crippen LogP contribution in [0.5, 0.6) is 0 Å². The van der Waals surface area contributed by atoms with Crippen molar-refractivity contribution in [1.29, 1.82) is 0 Å². The average molecular weight is 548 g/mol. The number of para-hydroxylation sites is 1. The Labute approximate surface area is 205 Å². The third-order valence-electron chi connectivity index (χ3n) is 4.50. The predicted molar refractivity (Wildman–Crippen MR) is 132 cm³/mol. The summed E-state index contributed by atoms with van der Waals surface area (Å²) in [6, 6.07) is 16.8. The van der Waals surface area contributed by atoms with Crippen molar-refractivity contribution in [1.82, 2.24) is 5.43 Å². The van der Waals surface area contributed by atoms with E-state index in [1.165, 1.54) is 6.21 Å². The highest BCUT2D eigenvalue weighted by atomic mass is 79.9. The minimum Gasteiger partial charge on any atom is -0.462 e. The van der Waals surface area contributed by atoms with Gasteiger partial charge < -0.3 is 9.15 Å². The quantitative estimate of drug-likeness (QED) is 0.247. The molecule has 0 fully saturated rings. The highest BCUT2D eigenvalue weighted by molar-refractivity contribution is 9.10. The van der Waals surface area contributed by atoms with Gasteiger partial charge >= 0.3 is 5.97 Å². The second-order valence-electron chi connectivity index (χ2n) is 7.01. The highest BCUT2D eigenvalue weighted by Crippen LogP contribution is 2.27. The summed E-state index contributed by atoms with van der Waals surface area (Å²) in [5, 5.41) is 3.84. The van der Waals surface area contributed by atoms with Gasteiger partial charge in [0.1, 0.15) is 18.1 Å². The van der Waals surface area contributed by atoms with E-state index in [4.69, 9.17) is 9.15 Å². The van der Waals surface area contributed by atoms with E-state index >= 15 is 0 Å². The standard InChI is InChI=1S/C23H22BrN3O6S/c1-3-32-23(29)17-10-8-16(9-11-17)21-13-12-18(33-21)14-25-26-22(28)15-27(34(2,30)31)20-7-5-4-6-19(20)24/h4-14H,3,15H2,1-2H3,(H,26,28)/b25-14-. The zero-order valence-electron chi connectivity index (χ0n) is 18.4. The second-order valence-corrected chi connectivity index (χ2v) is 9.78. The van der Waals surface area contributed by atoms with Crippen molar-refractivity contribution in [3.63, 3.8) is 0 Å². The number of nitrogens with zero attached hydrogens (tertiary/aromatic N) is 2. The average Bonchev–Trinajstić information content (AvgIpc) is 3.26. The maximum absolute atomic E-state index is 12.3. The summed E-state index contributed by atoms with van der Waals surface area (Å²) < 4.78 is 36.5. The van der Waals surface area contributed by atoms with Crippen molar-refractivity contribution < 1.29 is 27.2 Å². The van der Waals surface area contributed by atoms with Crippen LogP contribution in [0.25, 0.3) is 11.3 Å². The third-order valence-corrected chi connectivity index (χ3v) is 6.29. The fraction of sp³-hybridized carbons (Fsp3) is 0.174. The molecule has 1 heterocycles. The van der Waals surface area contributed by atoms with Gasteiger partial charge in [0.2, 0.25) is 10.0 Å². The number of amides is 1. The Hall–Kier alpha value is -3.44. The van der Waals surface area contributed by atoms with E-state index in [0.717, 1.165) is 16.1 Å². The lowest BCUT2D eigenvalue weighted by Crippen LogP contribution is -2.39. The summed E-state index contributed by atoms with van der Waals surface area (Å²) in [6.45, 7) is 1.59. The Balaban J connectivity index is 1.63. The number of ether oxygens (including phenoxy) is 1. The Morgan fingerprint density at radius 3 is 2.47 bits per heavy atom. The molecule has 178 valence electrons. The molecule has 0 atom stereocenters. The summed E-state index contributed by atoms with van der Waals surface area (Å²) in [5.74, 6) is -0.110. The van der Waals surface area contributed by atoms with Crippen LogP contribution in [-0.4, -0.2) is 45.9 Å². The number of anilines is 1. The molecule has 3 aromatic rings. The van der Waals surface area contributed by atoms with Crippen LogP contribution < -0.4 is 9.73 Å². The maximum Gasteiger partial charge on any atom is 0.338 e. The number of esters is 1. The zero-order chi connectivity index (χ0) is 24.7. The van der Waals surface area contributed by atoms with Crippen LogP contribution in [0.3, 0.4) is 0 Å². The first kappa shape index (κ1) is 25.2. The van der Waals surface area contributed by atoms with Crippen molar-refractivity contribution in [2.24, 2.45) is 5.10 Å². The smallest absolute Gasteiger partial charge is 0.338 e. The highest BCUT2D eigenvalue weighted by Gasteiger charge is 2.22. The molecular weight excluding hydrogens is 526 g/mol. The summed E-state index contributed by atoms with van der Waals surface area (Å²) in [4.78, 5) is 24.1. The summed E-state index contributed by atoms with van der Waals surface area (Å²) in [7, 11) is -3.71. The number of rotatable bonds is 9. The number of hydrogen-bond acceptors (Lipinski definition) is 7. The van der Waals surface area contributed by atoms with Gasteiger partial charge in [-0.05, 0) is 59.3 Å². The maximum atomic E-state index is 12.3. The molecule has 0 aliphatic carbocycles. The van der Waals surface area contributed by atoms with Gasteiger partial charge in [0, 0.05) is 10.0 Å². The minimum atomic E-state index is -3.71. The van der Waals surface area contributed by atoms with Gasteiger partial charge in [-0.25, -0.2) is 18.6 Å². The van der Waals surface area contributed by atoms with Crippen LogP contribution in [-0.2, 0) is 19.6 Å². The van der Waals surface area contributed by atoms with E-state index in [2.05, 4.69) is 26.5 Å². The molecule has 9 nitrogen and oxygen atoms in total. The SMILES string of the molecule is CCOC(=O)c1ccc(-c2ccc(/C=N\NC(=O)CN(c3ccccc3Br)S(C)(=O)=O)o2)cc1. The summed E-state index contributed by atoms with van der Waals surface area (Å²) in [5.41, 5.74) is 3.82. The molecule has 0 saturated heterocycles. The van der Waals surface area contributed by atoms with Gasteiger partial charge in [0.25, 0.3) is 5.91 Å². The molecule has 11 heteroatoms. The molecule has 1 aromatic heterocycles. The Kier molecular flexibility index (Phi) is 8.24. The van der Waals surface area contributed by atoms with Crippen molar-refractivity contribution in [3.05, 3.63) is 76.5 Å². The lowest BCUT2D eigenvalue weighted by Gasteiger charge is -2.22. The van der Waals surface area contributed by atoms with Gasteiger partial charge in [0.05, 0.1) is 30.3 Å². The molecule has 0 spiro atoms. The molecular formula is C23H22BrN3O6S. The Morgan fingerprint density at radius 1 is 1.12 bits per heavy atom. The number of halogens is 1. The number of hydrazone groups is 1. The third kappa shape index (κ3) is 6.55. The van der Waals surface area contributed by atoms with E-state index in [-0.39, 0.29) is 0 Å². The molecule has 0 aliphatic heterocycles. The first-order valence-electron chi connectivity index (χ1n) is 10.1. The van der Waals surface area contributed by atoms with Crippen LogP contribution >= 0.6 is 15.9 Å². The van der Waals surface area contributed by atoms with E-state index in [1.54, 1.807) is 67.6 Å². The topological polar surface area (TPSA) is 118 Å². The van der Waals surface area contributed by atoms with Crippen LogP contribution in [0.15, 0.2) is 74.7 Å². The fourth-order valence-corrected chi connectivity index (χ4v) is 4.42. The largest absolute Gasteiger partial charge is 0.462 e. The van der Waals surface area contributed by atoms with E-state index in [1.807, 2.05) is 0 Å². The predicted octanol–water partition coefficient (Wildman–Crippen LogP) is 3.80. The number of carbonyl (C=O) groups excluding carboxylic acids is 2. The Bertz CT molecular complexity index is 1300. The van der Waals surface area contributed by atoms with Gasteiger partial charge in [-0.15, -0.1) is 0 Å². The fourth-order valence-electron chi connectivity index (χ4n) is 2.93. The minimum absolute atomic E-state index is 0.300. The molecule has 0 unspecified atom stereocenters. The normalized spacial score (nSPS) is 11.4. The lowest BCUT2D eigenvalue weighted by molar-refractivity contribution is -0.119. The first-order chi connectivity index (χ1) is 16.2. The summed E-state index contributed by atoms with van der Waals surface area (Å²) >= 11 is 3.30. The van der Waals surface area contributed by atoms with E-state index in [9.17, 15) is 18.0 Å². The Morgan fingerprint density at radius 2 is 1.82 bits per heavy atom. The van der Waals surface area contributed by atoms with Gasteiger partial charge in [-0.2, -0.15) is 5.10 Å². The number of furan rings is 1. The van der Waals surface area contributed by atoms with Crippen LogP contribution in [0.4, 0.5) is 5.69 Å². The van der Waals surface area contributed by atoms with Gasteiger partial charge in [-0.1, -0.05) is 24.3 Å². The van der Waals surface area contributed by atoms with Crippen molar-refractivity contribution >= 4 is 49.7 Å². The van der Waals surface area contributed by atoms with Crippen molar-refractivity contribution in [3.8, 4) is 11.3 Å². The van der Waals surface area contributed by atoms with Crippen LogP contribution in [0.1, 0.15) is 23.0 Å². The van der Waals surface area contributed by atoms with Gasteiger partial charge in [0.15, 0.2) is 0 Å². The lowest BCUT2D eigenvalue weighted by atomic mass is 10.1. The van der Waals surface area contributed by atoms with E-state index in [0.29, 0.717) is 33.9 Å². The van der Waals surface area contributed by atoms with Crippen molar-refractivity contribution in [2.75, 3.05) is 23.7 Å². The molecule has 0 aliphatic rings. The number of carbonyl (C=O) groups is 2. The van der Waals surface area contributed by atoms with Crippen molar-refractivity contribution in [2.45, 2.75) is 6.92 Å². The zero-order valence-corrected chi connectivity index (χ0v) is 20.8.